The van der Waals surface area contributed by atoms with Crippen molar-refractivity contribution in [2.24, 2.45) is 7.05 Å². The van der Waals surface area contributed by atoms with E-state index < -0.39 is 5.60 Å². The van der Waals surface area contributed by atoms with E-state index in [1.165, 1.54) is 17.1 Å². The smallest absolute Gasteiger partial charge is 0.264 e. The van der Waals surface area contributed by atoms with Crippen LogP contribution in [-0.2, 0) is 18.4 Å². The van der Waals surface area contributed by atoms with E-state index in [9.17, 15) is 14.7 Å². The molecule has 1 unspecified atom stereocenters. The van der Waals surface area contributed by atoms with Crippen molar-refractivity contribution in [3.05, 3.63) is 58.8 Å². The van der Waals surface area contributed by atoms with Crippen LogP contribution in [-0.4, -0.2) is 53.9 Å². The van der Waals surface area contributed by atoms with Gasteiger partial charge in [-0.15, -0.1) is 0 Å². The van der Waals surface area contributed by atoms with E-state index in [0.717, 1.165) is 5.56 Å². The van der Waals surface area contributed by atoms with E-state index in [4.69, 9.17) is 0 Å². The molecule has 0 spiro atoms. The Morgan fingerprint density at radius 1 is 1.23 bits per heavy atom. The highest BCUT2D eigenvalue weighted by Crippen LogP contribution is 2.26. The third-order valence-electron chi connectivity index (χ3n) is 6.08. The molecule has 0 saturated carbocycles. The number of nitrogens with zero attached hydrogens (tertiary/aromatic N) is 5. The van der Waals surface area contributed by atoms with Gasteiger partial charge in [0.05, 0.1) is 18.3 Å². The number of amides is 1. The van der Waals surface area contributed by atoms with Gasteiger partial charge in [-0.1, -0.05) is 37.3 Å². The van der Waals surface area contributed by atoms with Gasteiger partial charge < -0.3 is 10.0 Å². The van der Waals surface area contributed by atoms with Crippen LogP contribution in [0.25, 0.3) is 11.0 Å². The minimum Gasteiger partial charge on any atom is -0.388 e. The third-order valence-corrected chi connectivity index (χ3v) is 6.08. The van der Waals surface area contributed by atoms with Crippen LogP contribution < -0.4 is 5.56 Å². The summed E-state index contributed by atoms with van der Waals surface area (Å²) in [5, 5.41) is 15.5. The lowest BCUT2D eigenvalue weighted by Crippen LogP contribution is -2.49. The van der Waals surface area contributed by atoms with Crippen molar-refractivity contribution in [1.29, 1.82) is 0 Å². The Morgan fingerprint density at radius 3 is 2.63 bits per heavy atom. The molecule has 1 amide bonds. The topological polar surface area (TPSA) is 93.2 Å². The summed E-state index contributed by atoms with van der Waals surface area (Å²) in [6.45, 7) is 3.18. The molecule has 4 rings (SSSR count). The predicted octanol–water partition coefficient (Wildman–Crippen LogP) is 1.68. The third kappa shape index (κ3) is 4.00. The molecule has 0 bridgehead atoms. The molecule has 158 valence electrons. The van der Waals surface area contributed by atoms with Gasteiger partial charge in [-0.05, 0) is 24.3 Å². The highest BCUT2D eigenvalue weighted by atomic mass is 16.3. The van der Waals surface area contributed by atoms with E-state index in [1.807, 2.05) is 35.2 Å². The molecule has 1 aliphatic heterocycles. The van der Waals surface area contributed by atoms with Gasteiger partial charge in [-0.25, -0.2) is 4.98 Å². The zero-order valence-corrected chi connectivity index (χ0v) is 17.4. The van der Waals surface area contributed by atoms with Gasteiger partial charge in [-0.2, -0.15) is 5.10 Å². The summed E-state index contributed by atoms with van der Waals surface area (Å²) in [5.41, 5.74) is 0.424. The fraction of sp³-hybridized carbons (Fsp3) is 0.455. The Balaban J connectivity index is 1.38. The van der Waals surface area contributed by atoms with Crippen molar-refractivity contribution in [1.82, 2.24) is 24.2 Å². The molecule has 8 nitrogen and oxygen atoms in total. The molecule has 1 saturated heterocycles. The van der Waals surface area contributed by atoms with Crippen LogP contribution in [0.1, 0.15) is 37.7 Å². The monoisotopic (exact) mass is 409 g/mol. The number of likely N-dealkylation sites (tertiary alicyclic amines) is 1. The Hall–Kier alpha value is -3.00. The Bertz CT molecular complexity index is 1100. The average Bonchev–Trinajstić information content (AvgIpc) is 3.12. The van der Waals surface area contributed by atoms with Gasteiger partial charge in [0.1, 0.15) is 11.7 Å². The maximum absolute atomic E-state index is 12.7. The van der Waals surface area contributed by atoms with E-state index in [0.29, 0.717) is 43.4 Å². The summed E-state index contributed by atoms with van der Waals surface area (Å²) >= 11 is 0. The summed E-state index contributed by atoms with van der Waals surface area (Å²) in [4.78, 5) is 31.5. The van der Waals surface area contributed by atoms with Gasteiger partial charge in [0.2, 0.25) is 5.91 Å². The molecule has 0 radical (unpaired) electrons. The van der Waals surface area contributed by atoms with Crippen molar-refractivity contribution in [2.75, 3.05) is 13.1 Å². The first kappa shape index (κ1) is 20.3. The van der Waals surface area contributed by atoms with Crippen LogP contribution in [0.2, 0.25) is 0 Å². The second-order valence-electron chi connectivity index (χ2n) is 8.30. The van der Waals surface area contributed by atoms with Crippen LogP contribution in [0.4, 0.5) is 0 Å². The number of piperidine rings is 1. The molecule has 3 aromatic rings. The number of carbonyl (C=O) groups is 1. The summed E-state index contributed by atoms with van der Waals surface area (Å²) in [5.74, 6) is 0.249. The quantitative estimate of drug-likeness (QED) is 0.692. The second kappa shape index (κ2) is 8.02. The van der Waals surface area contributed by atoms with Crippen LogP contribution in [0.3, 0.4) is 0 Å². The summed E-state index contributed by atoms with van der Waals surface area (Å²) < 4.78 is 3.00. The first-order valence-corrected chi connectivity index (χ1v) is 10.3. The van der Waals surface area contributed by atoms with Crippen LogP contribution in [0, 0.1) is 0 Å². The molecule has 1 fully saturated rings. The summed E-state index contributed by atoms with van der Waals surface area (Å²) in [7, 11) is 1.73. The van der Waals surface area contributed by atoms with Crippen molar-refractivity contribution >= 4 is 16.9 Å². The number of rotatable bonds is 5. The number of aryl methyl sites for hydroxylation is 1. The molecule has 2 aromatic heterocycles. The molecule has 8 heteroatoms. The van der Waals surface area contributed by atoms with Crippen LogP contribution >= 0.6 is 0 Å². The minimum atomic E-state index is -1.04. The normalized spacial score (nSPS) is 17.2. The summed E-state index contributed by atoms with van der Waals surface area (Å²) in [6.07, 6.45) is 4.26. The number of aromatic nitrogens is 4. The molecule has 1 aliphatic rings. The van der Waals surface area contributed by atoms with Gasteiger partial charge in [0.15, 0.2) is 5.65 Å². The van der Waals surface area contributed by atoms with E-state index in [2.05, 4.69) is 17.0 Å². The van der Waals surface area contributed by atoms with Gasteiger partial charge in [0.25, 0.3) is 5.56 Å². The Morgan fingerprint density at radius 2 is 1.93 bits per heavy atom. The van der Waals surface area contributed by atoms with Crippen molar-refractivity contribution < 1.29 is 9.90 Å². The molecule has 0 aliphatic carbocycles. The maximum atomic E-state index is 12.7. The predicted molar refractivity (Wildman–Crippen MR) is 113 cm³/mol. The average molecular weight is 409 g/mol. The summed E-state index contributed by atoms with van der Waals surface area (Å²) in [6, 6.07) is 10.0. The zero-order chi connectivity index (χ0) is 21.3. The van der Waals surface area contributed by atoms with Gasteiger partial charge in [0, 0.05) is 26.6 Å². The molecule has 1 N–H and O–H groups in total. The van der Waals surface area contributed by atoms with E-state index in [-0.39, 0.29) is 23.9 Å². The van der Waals surface area contributed by atoms with Gasteiger partial charge in [-0.3, -0.25) is 18.8 Å². The lowest BCUT2D eigenvalue weighted by Gasteiger charge is -2.38. The van der Waals surface area contributed by atoms with Crippen molar-refractivity contribution in [3.8, 4) is 0 Å². The zero-order valence-electron chi connectivity index (χ0n) is 17.4. The van der Waals surface area contributed by atoms with Crippen molar-refractivity contribution in [2.45, 2.75) is 44.2 Å². The van der Waals surface area contributed by atoms with E-state index >= 15 is 0 Å². The fourth-order valence-corrected chi connectivity index (χ4v) is 4.12. The second-order valence-corrected chi connectivity index (χ2v) is 8.30. The van der Waals surface area contributed by atoms with Gasteiger partial charge >= 0.3 is 0 Å². The number of hydrogen-bond donors (Lipinski definition) is 1. The minimum absolute atomic E-state index is 0.101. The van der Waals surface area contributed by atoms with Crippen molar-refractivity contribution in [3.63, 3.8) is 0 Å². The van der Waals surface area contributed by atoms with Crippen LogP contribution in [0.5, 0.6) is 0 Å². The molecule has 1 atom stereocenters. The number of benzene rings is 1. The SMILES string of the molecule is CC(CC(=O)N1CCC(O)(Cn2cnc3c(cnn3C)c2=O)CC1)c1ccccc1. The highest BCUT2D eigenvalue weighted by Gasteiger charge is 2.35. The largest absolute Gasteiger partial charge is 0.388 e. The molecule has 1 aromatic carbocycles. The first-order chi connectivity index (χ1) is 14.4. The maximum Gasteiger partial charge on any atom is 0.264 e. The van der Waals surface area contributed by atoms with E-state index in [1.54, 1.807) is 11.7 Å². The standard InChI is InChI=1S/C22H27N5O3/c1-16(17-6-4-3-5-7-17)12-19(28)26-10-8-22(30,9-11-26)14-27-15-23-20-18(21(27)29)13-24-25(20)2/h3-7,13,15-16,30H,8-12,14H2,1-2H3. The van der Waals surface area contributed by atoms with Crippen LogP contribution in [0.15, 0.2) is 47.7 Å². The number of aliphatic hydroxyl groups is 1. The number of carbonyl (C=O) groups excluding carboxylic acids is 1. The lowest BCUT2D eigenvalue weighted by molar-refractivity contribution is -0.136. The Kier molecular flexibility index (Phi) is 5.42. The number of fused-ring (bicyclic) bond motifs is 1. The Labute approximate surface area is 174 Å². The molecular weight excluding hydrogens is 382 g/mol. The molecule has 30 heavy (non-hydrogen) atoms. The highest BCUT2D eigenvalue weighted by molar-refractivity contribution is 5.77. The first-order valence-electron chi connectivity index (χ1n) is 10.3. The fourth-order valence-electron chi connectivity index (χ4n) is 4.12. The molecular formula is C22H27N5O3. The number of hydrogen-bond acceptors (Lipinski definition) is 5. The lowest BCUT2D eigenvalue weighted by atomic mass is 9.90. The molecule has 3 heterocycles.